The van der Waals surface area contributed by atoms with Crippen molar-refractivity contribution in [3.8, 4) is 0 Å². The van der Waals surface area contributed by atoms with Crippen molar-refractivity contribution in [2.75, 3.05) is 12.3 Å². The van der Waals surface area contributed by atoms with E-state index in [-0.39, 0.29) is 5.91 Å². The minimum atomic E-state index is 0.0164. The van der Waals surface area contributed by atoms with Gasteiger partial charge in [-0.25, -0.2) is 4.98 Å². The van der Waals surface area contributed by atoms with Crippen molar-refractivity contribution >= 4 is 29.0 Å². The van der Waals surface area contributed by atoms with Gasteiger partial charge in [0.25, 0.3) is 0 Å². The van der Waals surface area contributed by atoms with Crippen LogP contribution < -0.4 is 5.32 Å². The predicted molar refractivity (Wildman–Crippen MR) is 60.8 cm³/mol. The molecule has 1 aromatic rings. The number of nitrogens with one attached hydrogen (secondary N) is 1. The van der Waals surface area contributed by atoms with Gasteiger partial charge >= 0.3 is 0 Å². The van der Waals surface area contributed by atoms with Crippen LogP contribution in [0.25, 0.3) is 0 Å². The van der Waals surface area contributed by atoms with Crippen LogP contribution in [0.2, 0.25) is 0 Å². The Morgan fingerprint density at radius 3 is 3.21 bits per heavy atom. The Balaban J connectivity index is 2.26. The zero-order valence-corrected chi connectivity index (χ0v) is 9.58. The molecule has 0 aliphatic carbocycles. The van der Waals surface area contributed by atoms with Crippen LogP contribution in [0.3, 0.4) is 0 Å². The summed E-state index contributed by atoms with van der Waals surface area (Å²) in [7, 11) is 0. The Bertz CT molecular complexity index is 322. The standard InChI is InChI=1S/C9H12N2OS2/c1-3-4-10-8(12)6-14-9-11-7(2)5-13-9/h3,5H,1,4,6H2,2H3,(H,10,12). The molecule has 3 nitrogen and oxygen atoms in total. The fourth-order valence-corrected chi connectivity index (χ4v) is 2.44. The number of hydrogen-bond acceptors (Lipinski definition) is 4. The molecule has 1 heterocycles. The highest BCUT2D eigenvalue weighted by Crippen LogP contribution is 2.21. The number of nitrogens with zero attached hydrogens (tertiary/aromatic N) is 1. The van der Waals surface area contributed by atoms with E-state index in [4.69, 9.17) is 0 Å². The van der Waals surface area contributed by atoms with Crippen LogP contribution in [0, 0.1) is 6.92 Å². The first-order chi connectivity index (χ1) is 6.72. The number of rotatable bonds is 5. The van der Waals surface area contributed by atoms with Crippen molar-refractivity contribution in [3.05, 3.63) is 23.7 Å². The van der Waals surface area contributed by atoms with Gasteiger partial charge in [0.05, 0.1) is 5.75 Å². The van der Waals surface area contributed by atoms with E-state index in [1.165, 1.54) is 11.8 Å². The molecule has 0 unspecified atom stereocenters. The van der Waals surface area contributed by atoms with Gasteiger partial charge < -0.3 is 5.32 Å². The fourth-order valence-electron chi connectivity index (χ4n) is 0.763. The maximum atomic E-state index is 11.2. The molecule has 1 N–H and O–H groups in total. The van der Waals surface area contributed by atoms with E-state index in [0.717, 1.165) is 10.0 Å². The van der Waals surface area contributed by atoms with E-state index in [0.29, 0.717) is 12.3 Å². The van der Waals surface area contributed by atoms with Gasteiger partial charge in [-0.2, -0.15) is 0 Å². The third-order valence-corrected chi connectivity index (χ3v) is 3.51. The Hall–Kier alpha value is -0.810. The minimum Gasteiger partial charge on any atom is -0.352 e. The first-order valence-corrected chi connectivity index (χ1v) is 6.01. The number of thioether (sulfide) groups is 1. The van der Waals surface area contributed by atoms with Gasteiger partial charge in [0, 0.05) is 17.6 Å². The number of hydrogen-bond donors (Lipinski definition) is 1. The van der Waals surface area contributed by atoms with Crippen molar-refractivity contribution < 1.29 is 4.79 Å². The molecule has 0 aliphatic heterocycles. The molecule has 14 heavy (non-hydrogen) atoms. The molecule has 0 atom stereocenters. The number of aryl methyl sites for hydroxylation is 1. The normalized spacial score (nSPS) is 9.79. The SMILES string of the molecule is C=CCNC(=O)CSc1nc(C)cs1. The molecule has 76 valence electrons. The monoisotopic (exact) mass is 228 g/mol. The van der Waals surface area contributed by atoms with Gasteiger partial charge in [-0.05, 0) is 6.92 Å². The highest BCUT2D eigenvalue weighted by molar-refractivity contribution is 8.01. The van der Waals surface area contributed by atoms with Gasteiger partial charge in [0.15, 0.2) is 4.34 Å². The second-order valence-electron chi connectivity index (χ2n) is 2.64. The van der Waals surface area contributed by atoms with Gasteiger partial charge in [-0.3, -0.25) is 4.79 Å². The molecule has 0 fully saturated rings. The Labute approximate surface area is 91.6 Å². The van der Waals surface area contributed by atoms with Gasteiger partial charge in [0.2, 0.25) is 5.91 Å². The molecule has 1 rings (SSSR count). The first-order valence-electron chi connectivity index (χ1n) is 4.15. The maximum Gasteiger partial charge on any atom is 0.230 e. The van der Waals surface area contributed by atoms with E-state index in [1.807, 2.05) is 12.3 Å². The number of thiazole rings is 1. The van der Waals surface area contributed by atoms with Crippen molar-refractivity contribution in [2.24, 2.45) is 0 Å². The molecule has 0 aliphatic rings. The summed E-state index contributed by atoms with van der Waals surface area (Å²) in [5.74, 6) is 0.434. The molecule has 0 saturated heterocycles. The molecule has 0 saturated carbocycles. The smallest absolute Gasteiger partial charge is 0.230 e. The molecule has 1 amide bonds. The van der Waals surface area contributed by atoms with Crippen LogP contribution in [0.4, 0.5) is 0 Å². The van der Waals surface area contributed by atoms with E-state index in [9.17, 15) is 4.79 Å². The number of carbonyl (C=O) groups is 1. The lowest BCUT2D eigenvalue weighted by atomic mass is 10.6. The summed E-state index contributed by atoms with van der Waals surface area (Å²) in [5.41, 5.74) is 1.00. The summed E-state index contributed by atoms with van der Waals surface area (Å²) in [4.78, 5) is 15.4. The van der Waals surface area contributed by atoms with Crippen LogP contribution >= 0.6 is 23.1 Å². The average molecular weight is 228 g/mol. The third-order valence-electron chi connectivity index (χ3n) is 1.37. The van der Waals surface area contributed by atoms with Crippen molar-refractivity contribution in [3.63, 3.8) is 0 Å². The maximum absolute atomic E-state index is 11.2. The Morgan fingerprint density at radius 1 is 1.86 bits per heavy atom. The van der Waals surface area contributed by atoms with Crippen LogP contribution in [0.1, 0.15) is 5.69 Å². The Morgan fingerprint density at radius 2 is 2.64 bits per heavy atom. The molecular weight excluding hydrogens is 216 g/mol. The average Bonchev–Trinajstić information content (AvgIpc) is 2.58. The highest BCUT2D eigenvalue weighted by Gasteiger charge is 2.03. The lowest BCUT2D eigenvalue weighted by Gasteiger charge is -1.99. The number of aromatic nitrogens is 1. The van der Waals surface area contributed by atoms with E-state index in [1.54, 1.807) is 17.4 Å². The zero-order valence-electron chi connectivity index (χ0n) is 7.95. The highest BCUT2D eigenvalue weighted by atomic mass is 32.2. The van der Waals surface area contributed by atoms with Gasteiger partial charge in [0.1, 0.15) is 0 Å². The summed E-state index contributed by atoms with van der Waals surface area (Å²) in [6.07, 6.45) is 1.66. The quantitative estimate of drug-likeness (QED) is 0.617. The summed E-state index contributed by atoms with van der Waals surface area (Å²) >= 11 is 3.03. The van der Waals surface area contributed by atoms with Crippen LogP contribution in [0.5, 0.6) is 0 Å². The lowest BCUT2D eigenvalue weighted by molar-refractivity contribution is -0.118. The lowest BCUT2D eigenvalue weighted by Crippen LogP contribution is -2.24. The number of amides is 1. The van der Waals surface area contributed by atoms with E-state index >= 15 is 0 Å². The summed E-state index contributed by atoms with van der Waals surface area (Å²) in [6, 6.07) is 0. The largest absolute Gasteiger partial charge is 0.352 e. The zero-order chi connectivity index (χ0) is 10.4. The molecule has 0 radical (unpaired) electrons. The van der Waals surface area contributed by atoms with Gasteiger partial charge in [-0.1, -0.05) is 17.8 Å². The Kier molecular flexibility index (Phi) is 4.69. The van der Waals surface area contributed by atoms with E-state index < -0.39 is 0 Å². The van der Waals surface area contributed by atoms with E-state index in [2.05, 4.69) is 16.9 Å². The van der Waals surface area contributed by atoms with Crippen molar-refractivity contribution in [2.45, 2.75) is 11.3 Å². The van der Waals surface area contributed by atoms with Crippen LogP contribution in [-0.4, -0.2) is 23.2 Å². The molecule has 1 aromatic heterocycles. The minimum absolute atomic E-state index is 0.0164. The molecule has 0 bridgehead atoms. The summed E-state index contributed by atoms with van der Waals surface area (Å²) < 4.78 is 0.941. The first kappa shape index (κ1) is 11.3. The second kappa shape index (κ2) is 5.82. The van der Waals surface area contributed by atoms with Crippen LogP contribution in [0.15, 0.2) is 22.4 Å². The molecule has 5 heteroatoms. The molecule has 0 aromatic carbocycles. The third kappa shape index (κ3) is 3.93. The predicted octanol–water partition coefficient (Wildman–Crippen LogP) is 1.85. The summed E-state index contributed by atoms with van der Waals surface area (Å²) in [6.45, 7) is 5.99. The van der Waals surface area contributed by atoms with Crippen molar-refractivity contribution in [1.82, 2.24) is 10.3 Å². The fraction of sp³-hybridized carbons (Fsp3) is 0.333. The summed E-state index contributed by atoms with van der Waals surface area (Å²) in [5, 5.41) is 4.68. The topological polar surface area (TPSA) is 42.0 Å². The number of carbonyl (C=O) groups excluding carboxylic acids is 1. The van der Waals surface area contributed by atoms with Crippen molar-refractivity contribution in [1.29, 1.82) is 0 Å². The van der Waals surface area contributed by atoms with Crippen LogP contribution in [-0.2, 0) is 4.79 Å². The van der Waals surface area contributed by atoms with Gasteiger partial charge in [-0.15, -0.1) is 17.9 Å². The molecule has 0 spiro atoms. The second-order valence-corrected chi connectivity index (χ2v) is 4.72. The molecular formula is C9H12N2OS2.